The predicted molar refractivity (Wildman–Crippen MR) is 62.7 cm³/mol. The van der Waals surface area contributed by atoms with Crippen LogP contribution in [0.25, 0.3) is 0 Å². The number of primary amides is 1. The molecule has 0 saturated carbocycles. The number of amides is 2. The summed E-state index contributed by atoms with van der Waals surface area (Å²) in [6.45, 7) is -2.90. The van der Waals surface area contributed by atoms with E-state index in [1.165, 1.54) is 23.1 Å². The van der Waals surface area contributed by atoms with Crippen LogP contribution in [-0.4, -0.2) is 25.0 Å². The lowest BCUT2D eigenvalue weighted by molar-refractivity contribution is -0.123. The molecule has 1 saturated heterocycles. The summed E-state index contributed by atoms with van der Waals surface area (Å²) >= 11 is 0. The molecule has 1 aliphatic rings. The lowest BCUT2D eigenvalue weighted by Gasteiger charge is -2.19. The number of benzene rings is 1. The molecule has 1 atom stereocenters. The minimum absolute atomic E-state index is 0.0155. The van der Waals surface area contributed by atoms with Crippen LogP contribution in [0.2, 0.25) is 0 Å². The minimum Gasteiger partial charge on any atom is -0.433 e. The highest BCUT2D eigenvalue weighted by atomic mass is 19.3. The van der Waals surface area contributed by atoms with Gasteiger partial charge in [0.05, 0.1) is 11.6 Å². The van der Waals surface area contributed by atoms with E-state index >= 15 is 0 Å². The first kappa shape index (κ1) is 13.3. The number of ether oxygens (including phenoxy) is 1. The van der Waals surface area contributed by atoms with Gasteiger partial charge in [0.25, 0.3) is 0 Å². The fourth-order valence-electron chi connectivity index (χ4n) is 2.01. The third kappa shape index (κ3) is 2.81. The minimum atomic E-state index is -2.98. The van der Waals surface area contributed by atoms with Crippen LogP contribution in [0.15, 0.2) is 24.3 Å². The molecule has 1 aromatic carbocycles. The van der Waals surface area contributed by atoms with Crippen molar-refractivity contribution in [3.05, 3.63) is 24.3 Å². The van der Waals surface area contributed by atoms with Crippen LogP contribution in [0.3, 0.4) is 0 Å². The van der Waals surface area contributed by atoms with Crippen LogP contribution in [-0.2, 0) is 9.59 Å². The van der Waals surface area contributed by atoms with Gasteiger partial charge in [-0.3, -0.25) is 9.59 Å². The number of halogens is 2. The molecule has 19 heavy (non-hydrogen) atoms. The smallest absolute Gasteiger partial charge is 0.387 e. The molecule has 0 radical (unpaired) electrons. The number of para-hydroxylation sites is 2. The first-order valence-electron chi connectivity index (χ1n) is 5.62. The number of hydrogen-bond acceptors (Lipinski definition) is 3. The highest BCUT2D eigenvalue weighted by Crippen LogP contribution is 2.33. The molecule has 1 fully saturated rings. The summed E-state index contributed by atoms with van der Waals surface area (Å²) in [6.07, 6.45) is -0.0155. The summed E-state index contributed by atoms with van der Waals surface area (Å²) < 4.78 is 28.9. The predicted octanol–water partition coefficient (Wildman–Crippen LogP) is 1.13. The molecular formula is C12H12F2N2O3. The molecule has 0 bridgehead atoms. The lowest BCUT2D eigenvalue weighted by atomic mass is 10.1. The van der Waals surface area contributed by atoms with Crippen molar-refractivity contribution in [3.63, 3.8) is 0 Å². The summed E-state index contributed by atoms with van der Waals surface area (Å²) in [4.78, 5) is 24.1. The summed E-state index contributed by atoms with van der Waals surface area (Å²) in [5, 5.41) is 0. The van der Waals surface area contributed by atoms with Gasteiger partial charge >= 0.3 is 6.61 Å². The Bertz CT molecular complexity index is 508. The molecule has 0 unspecified atom stereocenters. The number of rotatable bonds is 4. The number of hydrogen-bond donors (Lipinski definition) is 1. The molecule has 1 heterocycles. The number of carbonyl (C=O) groups is 2. The van der Waals surface area contributed by atoms with E-state index in [1.807, 2.05) is 0 Å². The Morgan fingerprint density at radius 1 is 1.42 bits per heavy atom. The lowest BCUT2D eigenvalue weighted by Crippen LogP contribution is -2.28. The maximum atomic E-state index is 12.3. The zero-order valence-electron chi connectivity index (χ0n) is 9.88. The molecule has 2 rings (SSSR count). The van der Waals surface area contributed by atoms with Crippen LogP contribution in [0.5, 0.6) is 5.75 Å². The Labute approximate surface area is 107 Å². The molecule has 1 aromatic rings. The van der Waals surface area contributed by atoms with Crippen LogP contribution in [0.4, 0.5) is 14.5 Å². The van der Waals surface area contributed by atoms with Crippen molar-refractivity contribution in [3.8, 4) is 5.75 Å². The van der Waals surface area contributed by atoms with E-state index in [0.29, 0.717) is 0 Å². The number of anilines is 1. The van der Waals surface area contributed by atoms with Gasteiger partial charge < -0.3 is 15.4 Å². The van der Waals surface area contributed by atoms with Crippen molar-refractivity contribution in [1.82, 2.24) is 0 Å². The van der Waals surface area contributed by atoms with Crippen molar-refractivity contribution < 1.29 is 23.1 Å². The number of carbonyl (C=O) groups excluding carboxylic acids is 2. The Kier molecular flexibility index (Phi) is 3.64. The van der Waals surface area contributed by atoms with E-state index in [1.54, 1.807) is 6.07 Å². The van der Waals surface area contributed by atoms with Crippen molar-refractivity contribution in [2.24, 2.45) is 11.7 Å². The SMILES string of the molecule is NC(=O)[C@H]1CC(=O)N(c2ccccc2OC(F)F)C1. The fraction of sp³-hybridized carbons (Fsp3) is 0.333. The monoisotopic (exact) mass is 270 g/mol. The van der Waals surface area contributed by atoms with Crippen LogP contribution >= 0.6 is 0 Å². The first-order valence-corrected chi connectivity index (χ1v) is 5.62. The molecule has 7 heteroatoms. The van der Waals surface area contributed by atoms with Gasteiger partial charge in [-0.15, -0.1) is 0 Å². The number of alkyl halides is 2. The Hall–Kier alpha value is -2.18. The molecule has 0 aliphatic carbocycles. The second-order valence-corrected chi connectivity index (χ2v) is 4.15. The van der Waals surface area contributed by atoms with E-state index in [9.17, 15) is 18.4 Å². The topological polar surface area (TPSA) is 72.6 Å². The Morgan fingerprint density at radius 3 is 2.68 bits per heavy atom. The molecule has 102 valence electrons. The van der Waals surface area contributed by atoms with E-state index in [2.05, 4.69) is 4.74 Å². The van der Waals surface area contributed by atoms with Gasteiger partial charge in [0.15, 0.2) is 0 Å². The number of nitrogens with zero attached hydrogens (tertiary/aromatic N) is 1. The third-order valence-corrected chi connectivity index (χ3v) is 2.90. The van der Waals surface area contributed by atoms with Gasteiger partial charge in [0, 0.05) is 13.0 Å². The first-order chi connectivity index (χ1) is 8.99. The normalized spacial score (nSPS) is 19.0. The second-order valence-electron chi connectivity index (χ2n) is 4.15. The Morgan fingerprint density at radius 2 is 2.11 bits per heavy atom. The van der Waals surface area contributed by atoms with Gasteiger partial charge in [-0.05, 0) is 12.1 Å². The van der Waals surface area contributed by atoms with Crippen molar-refractivity contribution in [1.29, 1.82) is 0 Å². The molecule has 0 spiro atoms. The highest BCUT2D eigenvalue weighted by Gasteiger charge is 2.35. The van der Waals surface area contributed by atoms with Crippen molar-refractivity contribution >= 4 is 17.5 Å². The summed E-state index contributed by atoms with van der Waals surface area (Å²) in [7, 11) is 0. The largest absolute Gasteiger partial charge is 0.433 e. The van der Waals surface area contributed by atoms with E-state index in [4.69, 9.17) is 5.73 Å². The number of nitrogens with two attached hydrogens (primary N) is 1. The zero-order valence-corrected chi connectivity index (χ0v) is 9.88. The van der Waals surface area contributed by atoms with Crippen molar-refractivity contribution in [2.45, 2.75) is 13.0 Å². The fourth-order valence-corrected chi connectivity index (χ4v) is 2.01. The Balaban J connectivity index is 2.27. The second kappa shape index (κ2) is 5.21. The highest BCUT2D eigenvalue weighted by molar-refractivity contribution is 6.01. The summed E-state index contributed by atoms with van der Waals surface area (Å²) in [5.74, 6) is -1.62. The summed E-state index contributed by atoms with van der Waals surface area (Å²) in [6, 6.07) is 5.94. The molecule has 0 aromatic heterocycles. The zero-order chi connectivity index (χ0) is 14.0. The van der Waals surface area contributed by atoms with Gasteiger partial charge in [0.2, 0.25) is 11.8 Å². The summed E-state index contributed by atoms with van der Waals surface area (Å²) in [5.41, 5.74) is 5.37. The van der Waals surface area contributed by atoms with E-state index in [0.717, 1.165) is 0 Å². The van der Waals surface area contributed by atoms with Crippen molar-refractivity contribution in [2.75, 3.05) is 11.4 Å². The van der Waals surface area contributed by atoms with Crippen LogP contribution < -0.4 is 15.4 Å². The molecule has 2 N–H and O–H groups in total. The standard InChI is InChI=1S/C12H12F2N2O3/c13-12(14)19-9-4-2-1-3-8(9)16-6-7(11(15)18)5-10(16)17/h1-4,7,12H,5-6H2,(H2,15,18)/t7-/m0/s1. The average Bonchev–Trinajstić information content (AvgIpc) is 2.71. The van der Waals surface area contributed by atoms with Gasteiger partial charge in [-0.25, -0.2) is 0 Å². The molecule has 5 nitrogen and oxygen atoms in total. The van der Waals surface area contributed by atoms with Gasteiger partial charge in [-0.2, -0.15) is 8.78 Å². The third-order valence-electron chi connectivity index (χ3n) is 2.90. The molecule has 2 amide bonds. The molecular weight excluding hydrogens is 258 g/mol. The average molecular weight is 270 g/mol. The maximum Gasteiger partial charge on any atom is 0.387 e. The maximum absolute atomic E-state index is 12.3. The van der Waals surface area contributed by atoms with E-state index in [-0.39, 0.29) is 30.3 Å². The van der Waals surface area contributed by atoms with Crippen LogP contribution in [0, 0.1) is 5.92 Å². The van der Waals surface area contributed by atoms with E-state index < -0.39 is 18.4 Å². The quantitative estimate of drug-likeness (QED) is 0.891. The van der Waals surface area contributed by atoms with Gasteiger partial charge in [0.1, 0.15) is 5.75 Å². The molecule has 1 aliphatic heterocycles. The van der Waals surface area contributed by atoms with Gasteiger partial charge in [-0.1, -0.05) is 12.1 Å². The van der Waals surface area contributed by atoms with Crippen LogP contribution in [0.1, 0.15) is 6.42 Å².